The second-order valence-corrected chi connectivity index (χ2v) is 15.9. The average molecular weight is 796 g/mol. The van der Waals surface area contributed by atoms with Crippen molar-refractivity contribution in [3.8, 4) is 0 Å². The molecule has 0 aliphatic rings. The molecule has 0 bridgehead atoms. The van der Waals surface area contributed by atoms with Crippen LogP contribution in [0.5, 0.6) is 0 Å². The van der Waals surface area contributed by atoms with Crippen LogP contribution in [0.25, 0.3) is 0 Å². The minimum atomic E-state index is 0.529. The normalized spacial score (nSPS) is 11.5. The summed E-state index contributed by atoms with van der Waals surface area (Å²) in [5.74, 6) is 0. The fraction of sp³-hybridized carbons (Fsp3) is 0.800. The number of benzene rings is 1. The summed E-state index contributed by atoms with van der Waals surface area (Å²) in [6.07, 6.45) is 0. The van der Waals surface area contributed by atoms with Gasteiger partial charge in [-0.25, -0.2) is 0 Å². The molecule has 0 atom stereocenters. The first-order chi connectivity index (χ1) is 20.8. The van der Waals surface area contributed by atoms with Crippen molar-refractivity contribution in [1.29, 1.82) is 0 Å². The molecular weight excluding hydrogens is 741 g/mol. The van der Waals surface area contributed by atoms with Gasteiger partial charge in [-0.3, -0.25) is 0 Å². The molecule has 0 radical (unpaired) electrons. The van der Waals surface area contributed by atoms with Crippen LogP contribution in [0.2, 0.25) is 16.0 Å². The number of ether oxygens (including phenoxy) is 9. The predicted octanol–water partition coefficient (Wildman–Crippen LogP) is 2.59. The molecule has 0 unspecified atom stereocenters. The number of hydrogen-bond donors (Lipinski definition) is 0. The molecule has 0 N–H and O–H groups in total. The molecular formula is C30H54O9Se3. The summed E-state index contributed by atoms with van der Waals surface area (Å²) in [7, 11) is 5.05. The van der Waals surface area contributed by atoms with Gasteiger partial charge in [0, 0.05) is 0 Å². The monoisotopic (exact) mass is 798 g/mol. The summed E-state index contributed by atoms with van der Waals surface area (Å²) in [6, 6.07) is 7.30. The zero-order valence-electron chi connectivity index (χ0n) is 26.0. The molecule has 1 rings (SSSR count). The summed E-state index contributed by atoms with van der Waals surface area (Å²) >= 11 is 1.59. The van der Waals surface area contributed by atoms with E-state index in [0.717, 1.165) is 51.7 Å². The maximum absolute atomic E-state index is 5.74. The Morgan fingerprint density at radius 2 is 0.595 bits per heavy atom. The van der Waals surface area contributed by atoms with Crippen molar-refractivity contribution < 1.29 is 42.6 Å². The summed E-state index contributed by atoms with van der Waals surface area (Å²) < 4.78 is 48.5. The van der Waals surface area contributed by atoms with Crippen molar-refractivity contribution in [3.05, 3.63) is 34.9 Å². The Morgan fingerprint density at radius 3 is 0.857 bits per heavy atom. The maximum atomic E-state index is 5.74. The third kappa shape index (κ3) is 26.8. The minimum absolute atomic E-state index is 0.529. The zero-order valence-corrected chi connectivity index (χ0v) is 31.1. The van der Waals surface area contributed by atoms with Gasteiger partial charge in [0.1, 0.15) is 0 Å². The van der Waals surface area contributed by atoms with Gasteiger partial charge < -0.3 is 0 Å². The topological polar surface area (TPSA) is 83.1 Å². The van der Waals surface area contributed by atoms with Gasteiger partial charge in [0.05, 0.1) is 0 Å². The SMILES string of the molecule is COCCOCCOCC[Se]Cc1cc(C[Se]CCOCCOCCOC)cc(C[Se]CCOCCOCCOC)c1. The van der Waals surface area contributed by atoms with E-state index in [0.29, 0.717) is 124 Å². The molecule has 0 amide bonds. The predicted molar refractivity (Wildman–Crippen MR) is 170 cm³/mol. The number of rotatable bonds is 33. The van der Waals surface area contributed by atoms with Crippen molar-refractivity contribution in [3.63, 3.8) is 0 Å². The van der Waals surface area contributed by atoms with Crippen LogP contribution in [0, 0.1) is 0 Å². The molecule has 9 nitrogen and oxygen atoms in total. The summed E-state index contributed by atoms with van der Waals surface area (Å²) in [5, 5.41) is 6.83. The van der Waals surface area contributed by atoms with E-state index in [1.165, 1.54) is 16.7 Å². The van der Waals surface area contributed by atoms with Crippen molar-refractivity contribution in [2.75, 3.05) is 120 Å². The van der Waals surface area contributed by atoms with Gasteiger partial charge in [0.2, 0.25) is 0 Å². The molecule has 0 fully saturated rings. The number of hydrogen-bond acceptors (Lipinski definition) is 9. The first-order valence-corrected chi connectivity index (χ1v) is 21.8. The molecule has 0 saturated carbocycles. The van der Waals surface area contributed by atoms with E-state index in [1.807, 2.05) is 0 Å². The van der Waals surface area contributed by atoms with Gasteiger partial charge in [0.15, 0.2) is 0 Å². The first kappa shape index (κ1) is 40.4. The van der Waals surface area contributed by atoms with E-state index >= 15 is 0 Å². The van der Waals surface area contributed by atoms with Gasteiger partial charge in [-0.2, -0.15) is 0 Å². The van der Waals surface area contributed by atoms with Crippen LogP contribution in [0.15, 0.2) is 18.2 Å². The summed E-state index contributed by atoms with van der Waals surface area (Å²) in [5.41, 5.74) is 4.43. The van der Waals surface area contributed by atoms with Crippen molar-refractivity contribution >= 4 is 44.9 Å². The van der Waals surface area contributed by atoms with E-state index in [9.17, 15) is 0 Å². The van der Waals surface area contributed by atoms with Gasteiger partial charge in [-0.15, -0.1) is 0 Å². The van der Waals surface area contributed by atoms with Crippen LogP contribution in [-0.2, 0) is 58.6 Å². The molecule has 0 saturated heterocycles. The van der Waals surface area contributed by atoms with Crippen LogP contribution in [-0.4, -0.2) is 165 Å². The molecule has 1 aromatic rings. The van der Waals surface area contributed by atoms with Crippen LogP contribution in [0.1, 0.15) is 16.7 Å². The van der Waals surface area contributed by atoms with E-state index in [2.05, 4.69) is 18.2 Å². The molecule has 246 valence electrons. The standard InChI is InChI=1S/C30H54O9Se3/c1-31-4-7-34-10-13-37-16-19-40-25-28-22-29(26-41-20-17-38-14-11-35-8-5-32-2)24-30(23-28)27-42-21-18-39-15-12-36-9-6-33-3/h22-24H,4-21,25-27H2,1-3H3. The molecule has 12 heteroatoms. The fourth-order valence-corrected chi connectivity index (χ4v) is 8.33. The second-order valence-electron chi connectivity index (χ2n) is 8.97. The van der Waals surface area contributed by atoms with Gasteiger partial charge >= 0.3 is 275 Å². The molecule has 0 aliphatic heterocycles. The van der Waals surface area contributed by atoms with Crippen LogP contribution in [0.4, 0.5) is 0 Å². The molecule has 0 aliphatic carbocycles. The Bertz CT molecular complexity index is 601. The van der Waals surface area contributed by atoms with Crippen LogP contribution in [0.3, 0.4) is 0 Å². The van der Waals surface area contributed by atoms with E-state index in [-0.39, 0.29) is 0 Å². The molecule has 0 spiro atoms. The Morgan fingerprint density at radius 1 is 0.357 bits per heavy atom. The van der Waals surface area contributed by atoms with E-state index in [4.69, 9.17) is 42.6 Å². The van der Waals surface area contributed by atoms with E-state index in [1.54, 1.807) is 21.3 Å². The van der Waals surface area contributed by atoms with Crippen molar-refractivity contribution in [2.45, 2.75) is 31.9 Å². The Balaban J connectivity index is 2.35. The molecule has 42 heavy (non-hydrogen) atoms. The van der Waals surface area contributed by atoms with Crippen LogP contribution >= 0.6 is 0 Å². The first-order valence-electron chi connectivity index (χ1n) is 14.6. The van der Waals surface area contributed by atoms with Crippen LogP contribution < -0.4 is 0 Å². The third-order valence-electron chi connectivity index (χ3n) is 5.45. The Hall–Kier alpha value is 0.418. The average Bonchev–Trinajstić information content (AvgIpc) is 3.00. The summed E-state index contributed by atoms with van der Waals surface area (Å²) in [4.78, 5) is 0. The van der Waals surface area contributed by atoms with Gasteiger partial charge in [-0.05, 0) is 0 Å². The zero-order chi connectivity index (χ0) is 30.2. The Labute approximate surface area is 273 Å². The molecule has 0 heterocycles. The van der Waals surface area contributed by atoms with E-state index < -0.39 is 0 Å². The van der Waals surface area contributed by atoms with Crippen molar-refractivity contribution in [2.24, 2.45) is 0 Å². The number of methoxy groups -OCH3 is 3. The van der Waals surface area contributed by atoms with Crippen molar-refractivity contribution in [1.82, 2.24) is 0 Å². The third-order valence-corrected chi connectivity index (χ3v) is 11.7. The second kappa shape index (κ2) is 32.8. The Kier molecular flexibility index (Phi) is 31.6. The summed E-state index contributed by atoms with van der Waals surface area (Å²) in [6.45, 7) is 10.0. The van der Waals surface area contributed by atoms with Gasteiger partial charge in [-0.1, -0.05) is 0 Å². The van der Waals surface area contributed by atoms with Gasteiger partial charge in [0.25, 0.3) is 0 Å². The molecule has 0 aromatic heterocycles. The fourth-order valence-electron chi connectivity index (χ4n) is 3.41. The quantitative estimate of drug-likeness (QED) is 0.0789. The molecule has 1 aromatic carbocycles.